The first-order valence-electron chi connectivity index (χ1n) is 8.14. The van der Waals surface area contributed by atoms with Crippen LogP contribution < -0.4 is 19.7 Å². The van der Waals surface area contributed by atoms with E-state index in [1.165, 1.54) is 13.2 Å². The Kier molecular flexibility index (Phi) is 7.08. The van der Waals surface area contributed by atoms with E-state index in [2.05, 4.69) is 10.1 Å². The molecule has 142 valence electrons. The number of quaternary nitrogens is 1. The first-order chi connectivity index (χ1) is 12.9. The highest BCUT2D eigenvalue weighted by atomic mass is 19.3. The van der Waals surface area contributed by atoms with Crippen LogP contribution in [0.1, 0.15) is 11.1 Å². The van der Waals surface area contributed by atoms with Crippen molar-refractivity contribution in [1.29, 1.82) is 5.26 Å². The molecule has 0 spiro atoms. The average molecular weight is 376 g/mol. The Balaban J connectivity index is 1.93. The Hall–Kier alpha value is -3.18. The van der Waals surface area contributed by atoms with Gasteiger partial charge >= 0.3 is 6.61 Å². The molecule has 1 unspecified atom stereocenters. The summed E-state index contributed by atoms with van der Waals surface area (Å²) >= 11 is 0. The first-order valence-corrected chi connectivity index (χ1v) is 8.14. The normalized spacial score (nSPS) is 11.6. The van der Waals surface area contributed by atoms with E-state index in [4.69, 9.17) is 10.00 Å². The SMILES string of the molecule is COc1cc(C[NH+](C)CC(=O)Nc2ccc(C#N)cc2)ccc1OC(F)F. The van der Waals surface area contributed by atoms with Gasteiger partial charge in [0.2, 0.25) is 0 Å². The van der Waals surface area contributed by atoms with Crippen LogP contribution in [0.25, 0.3) is 0 Å². The number of methoxy groups -OCH3 is 1. The van der Waals surface area contributed by atoms with Gasteiger partial charge in [-0.15, -0.1) is 0 Å². The minimum Gasteiger partial charge on any atom is -0.493 e. The predicted octanol–water partition coefficient (Wildman–Crippen LogP) is 1.82. The second kappa shape index (κ2) is 9.50. The highest BCUT2D eigenvalue weighted by Crippen LogP contribution is 2.29. The largest absolute Gasteiger partial charge is 0.493 e. The third-order valence-corrected chi connectivity index (χ3v) is 3.71. The molecule has 27 heavy (non-hydrogen) atoms. The lowest BCUT2D eigenvalue weighted by Crippen LogP contribution is -3.08. The van der Waals surface area contributed by atoms with Gasteiger partial charge in [-0.05, 0) is 42.5 Å². The van der Waals surface area contributed by atoms with E-state index in [1.807, 2.05) is 13.1 Å². The molecule has 0 aliphatic rings. The van der Waals surface area contributed by atoms with Gasteiger partial charge < -0.3 is 19.7 Å². The van der Waals surface area contributed by atoms with E-state index < -0.39 is 6.61 Å². The molecule has 1 atom stereocenters. The summed E-state index contributed by atoms with van der Waals surface area (Å²) in [4.78, 5) is 13.0. The number of hydrogen-bond donors (Lipinski definition) is 2. The van der Waals surface area contributed by atoms with Crippen LogP contribution in [0.5, 0.6) is 11.5 Å². The average Bonchev–Trinajstić information content (AvgIpc) is 2.63. The van der Waals surface area contributed by atoms with Gasteiger partial charge in [-0.1, -0.05) is 0 Å². The number of nitrogens with one attached hydrogen (secondary N) is 2. The predicted molar refractivity (Wildman–Crippen MR) is 94.9 cm³/mol. The molecule has 0 radical (unpaired) electrons. The number of benzene rings is 2. The second-order valence-electron chi connectivity index (χ2n) is 5.91. The topological polar surface area (TPSA) is 75.8 Å². The number of amides is 1. The van der Waals surface area contributed by atoms with Gasteiger partial charge in [0.15, 0.2) is 18.0 Å². The molecule has 0 bridgehead atoms. The molecular weight excluding hydrogens is 356 g/mol. The summed E-state index contributed by atoms with van der Waals surface area (Å²) in [6.45, 7) is -2.23. The van der Waals surface area contributed by atoms with Gasteiger partial charge in [0.05, 0.1) is 25.8 Å². The number of hydrogen-bond acceptors (Lipinski definition) is 4. The monoisotopic (exact) mass is 376 g/mol. The Morgan fingerprint density at radius 2 is 1.93 bits per heavy atom. The van der Waals surface area contributed by atoms with Crippen LogP contribution >= 0.6 is 0 Å². The summed E-state index contributed by atoms with van der Waals surface area (Å²) in [7, 11) is 3.22. The van der Waals surface area contributed by atoms with Gasteiger partial charge in [-0.25, -0.2) is 0 Å². The minimum atomic E-state index is -2.93. The number of carbonyl (C=O) groups excluding carboxylic acids is 1. The molecule has 2 N–H and O–H groups in total. The lowest BCUT2D eigenvalue weighted by atomic mass is 10.2. The Morgan fingerprint density at radius 1 is 1.22 bits per heavy atom. The number of nitriles is 1. The molecule has 0 aliphatic heterocycles. The summed E-state index contributed by atoms with van der Waals surface area (Å²) in [5, 5.41) is 11.5. The van der Waals surface area contributed by atoms with Crippen molar-refractivity contribution in [3.05, 3.63) is 53.6 Å². The summed E-state index contributed by atoms with van der Waals surface area (Å²) < 4.78 is 34.2. The number of rotatable bonds is 8. The highest BCUT2D eigenvalue weighted by molar-refractivity contribution is 5.91. The van der Waals surface area contributed by atoms with E-state index in [0.717, 1.165) is 10.5 Å². The van der Waals surface area contributed by atoms with Crippen molar-refractivity contribution in [2.24, 2.45) is 0 Å². The zero-order valence-electron chi connectivity index (χ0n) is 15.0. The number of likely N-dealkylation sites (N-methyl/N-ethyl adjacent to an activating group) is 1. The van der Waals surface area contributed by atoms with Crippen molar-refractivity contribution < 1.29 is 27.9 Å². The lowest BCUT2D eigenvalue weighted by molar-refractivity contribution is -0.885. The zero-order valence-corrected chi connectivity index (χ0v) is 15.0. The van der Waals surface area contributed by atoms with Crippen molar-refractivity contribution in [3.8, 4) is 17.6 Å². The number of halogens is 2. The summed E-state index contributed by atoms with van der Waals surface area (Å²) in [6.07, 6.45) is 0. The molecule has 0 aliphatic carbocycles. The molecule has 0 saturated carbocycles. The van der Waals surface area contributed by atoms with Crippen molar-refractivity contribution >= 4 is 11.6 Å². The minimum absolute atomic E-state index is 0.0348. The fraction of sp³-hybridized carbons (Fsp3) is 0.263. The maximum Gasteiger partial charge on any atom is 0.387 e. The van der Waals surface area contributed by atoms with Crippen LogP contribution in [0.3, 0.4) is 0 Å². The molecular formula is C19H20F2N3O3+. The Morgan fingerprint density at radius 3 is 2.52 bits per heavy atom. The fourth-order valence-electron chi connectivity index (χ4n) is 2.53. The van der Waals surface area contributed by atoms with Crippen LogP contribution in [-0.2, 0) is 11.3 Å². The fourth-order valence-corrected chi connectivity index (χ4v) is 2.53. The van der Waals surface area contributed by atoms with Gasteiger partial charge in [-0.2, -0.15) is 14.0 Å². The summed E-state index contributed by atoms with van der Waals surface area (Å²) in [6, 6.07) is 13.3. The van der Waals surface area contributed by atoms with E-state index in [0.29, 0.717) is 17.8 Å². The molecule has 0 aromatic heterocycles. The third kappa shape index (κ3) is 6.24. The zero-order chi connectivity index (χ0) is 19.8. The van der Waals surface area contributed by atoms with Crippen molar-refractivity contribution in [2.75, 3.05) is 26.0 Å². The van der Waals surface area contributed by atoms with Crippen LogP contribution in [0.15, 0.2) is 42.5 Å². The van der Waals surface area contributed by atoms with Gasteiger partial charge in [0, 0.05) is 11.3 Å². The van der Waals surface area contributed by atoms with E-state index in [1.54, 1.807) is 36.4 Å². The van der Waals surface area contributed by atoms with E-state index >= 15 is 0 Å². The number of ether oxygens (including phenoxy) is 2. The van der Waals surface area contributed by atoms with Crippen LogP contribution in [0.4, 0.5) is 14.5 Å². The van der Waals surface area contributed by atoms with E-state index in [-0.39, 0.29) is 24.0 Å². The molecule has 0 saturated heterocycles. The summed E-state index contributed by atoms with van der Waals surface area (Å²) in [5.74, 6) is -0.00285. The van der Waals surface area contributed by atoms with Gasteiger partial charge in [0.25, 0.3) is 5.91 Å². The number of nitrogens with zero attached hydrogens (tertiary/aromatic N) is 1. The van der Waals surface area contributed by atoms with Crippen molar-refractivity contribution in [1.82, 2.24) is 0 Å². The number of anilines is 1. The molecule has 2 aromatic rings. The van der Waals surface area contributed by atoms with Crippen molar-refractivity contribution in [3.63, 3.8) is 0 Å². The Bertz CT molecular complexity index is 820. The highest BCUT2D eigenvalue weighted by Gasteiger charge is 2.15. The molecule has 2 rings (SSSR count). The number of alkyl halides is 2. The van der Waals surface area contributed by atoms with E-state index in [9.17, 15) is 13.6 Å². The van der Waals surface area contributed by atoms with Gasteiger partial charge in [0.1, 0.15) is 6.54 Å². The van der Waals surface area contributed by atoms with Crippen LogP contribution in [-0.4, -0.2) is 33.2 Å². The quantitative estimate of drug-likeness (QED) is 0.737. The van der Waals surface area contributed by atoms with Crippen LogP contribution in [0, 0.1) is 11.3 Å². The smallest absolute Gasteiger partial charge is 0.387 e. The molecule has 6 nitrogen and oxygen atoms in total. The molecule has 2 aromatic carbocycles. The maximum atomic E-state index is 12.4. The van der Waals surface area contributed by atoms with Crippen molar-refractivity contribution in [2.45, 2.75) is 13.2 Å². The first kappa shape index (κ1) is 20.1. The third-order valence-electron chi connectivity index (χ3n) is 3.71. The van der Waals surface area contributed by atoms with Gasteiger partial charge in [-0.3, -0.25) is 4.79 Å². The number of carbonyl (C=O) groups is 1. The Labute approximate surface area is 155 Å². The summed E-state index contributed by atoms with van der Waals surface area (Å²) in [5.41, 5.74) is 1.95. The molecule has 0 fully saturated rings. The maximum absolute atomic E-state index is 12.4. The lowest BCUT2D eigenvalue weighted by Gasteiger charge is -2.16. The molecule has 8 heteroatoms. The standard InChI is InChI=1S/C19H19F2N3O3/c1-24(12-18(25)23-15-6-3-13(10-22)4-7-15)11-14-5-8-16(27-19(20)21)17(9-14)26-2/h3-9,19H,11-12H2,1-2H3,(H,23,25)/p+1. The van der Waals surface area contributed by atoms with Crippen LogP contribution in [0.2, 0.25) is 0 Å². The molecule has 1 amide bonds. The molecule has 0 heterocycles. The second-order valence-corrected chi connectivity index (χ2v) is 5.91.